The van der Waals surface area contributed by atoms with Crippen LogP contribution in [0.25, 0.3) is 0 Å². The number of hydrogen-bond acceptors (Lipinski definition) is 5. The quantitative estimate of drug-likeness (QED) is 0.727. The molecule has 0 aliphatic carbocycles. The number of fused-ring (bicyclic) bond motifs is 3. The molecule has 1 aromatic rings. The van der Waals surface area contributed by atoms with Gasteiger partial charge >= 0.3 is 5.97 Å². The summed E-state index contributed by atoms with van der Waals surface area (Å²) in [6.07, 6.45) is 1.47. The Morgan fingerprint density at radius 2 is 1.74 bits per heavy atom. The van der Waals surface area contributed by atoms with Crippen LogP contribution in [0.4, 0.5) is 0 Å². The van der Waals surface area contributed by atoms with Gasteiger partial charge in [0.2, 0.25) is 0 Å². The summed E-state index contributed by atoms with van der Waals surface area (Å²) in [6.45, 7) is 10.8. The van der Waals surface area contributed by atoms with E-state index in [1.165, 1.54) is 0 Å². The van der Waals surface area contributed by atoms with E-state index in [2.05, 4.69) is 27.4 Å². The highest BCUT2D eigenvalue weighted by molar-refractivity contribution is 5.72. The predicted molar refractivity (Wildman–Crippen MR) is 108 cm³/mol. The second kappa shape index (κ2) is 9.64. The number of nitrogens with zero attached hydrogens (tertiary/aromatic N) is 2. The molecule has 4 atom stereocenters. The second-order valence-corrected chi connectivity index (χ2v) is 8.02. The molecule has 150 valence electrons. The van der Waals surface area contributed by atoms with Gasteiger partial charge in [-0.15, -0.1) is 0 Å². The molecular formula is C21H34N4O2. The van der Waals surface area contributed by atoms with E-state index in [0.717, 1.165) is 70.9 Å². The van der Waals surface area contributed by atoms with Gasteiger partial charge in [0, 0.05) is 64.4 Å². The number of nitrogens with one attached hydrogen (secondary N) is 2. The number of carboxylic acid groups (broad SMARTS) is 1. The molecule has 0 radical (unpaired) electrons. The topological polar surface area (TPSA) is 67.8 Å². The largest absolute Gasteiger partial charge is 0.481 e. The summed E-state index contributed by atoms with van der Waals surface area (Å²) in [5, 5.41) is 17.1. The Hall–Kier alpha value is -1.47. The van der Waals surface area contributed by atoms with E-state index in [-0.39, 0.29) is 5.54 Å². The van der Waals surface area contributed by atoms with Crippen molar-refractivity contribution in [1.29, 1.82) is 0 Å². The molecule has 2 bridgehead atoms. The molecule has 0 spiro atoms. The van der Waals surface area contributed by atoms with Crippen LogP contribution >= 0.6 is 0 Å². The van der Waals surface area contributed by atoms with Crippen molar-refractivity contribution < 1.29 is 9.90 Å². The number of rotatable bonds is 4. The highest BCUT2D eigenvalue weighted by Crippen LogP contribution is 2.33. The zero-order valence-corrected chi connectivity index (χ0v) is 16.5. The summed E-state index contributed by atoms with van der Waals surface area (Å²) >= 11 is 0. The smallest absolute Gasteiger partial charge is 0.308 e. The first kappa shape index (κ1) is 20.3. The Balaban J connectivity index is 1.84. The minimum absolute atomic E-state index is 0.348. The number of carbonyl (C=O) groups is 1. The molecule has 0 aromatic heterocycles. The monoisotopic (exact) mass is 374 g/mol. The third-order valence-corrected chi connectivity index (χ3v) is 6.32. The lowest BCUT2D eigenvalue weighted by atomic mass is 9.77. The van der Waals surface area contributed by atoms with Crippen molar-refractivity contribution in [3.63, 3.8) is 0 Å². The molecule has 1 aromatic carbocycles. The molecule has 2 aliphatic rings. The van der Waals surface area contributed by atoms with E-state index in [9.17, 15) is 9.90 Å². The molecule has 2 aliphatic heterocycles. The number of hydrogen-bond donors (Lipinski definition) is 3. The Morgan fingerprint density at radius 1 is 1.04 bits per heavy atom. The maximum Gasteiger partial charge on any atom is 0.308 e. The normalized spacial score (nSPS) is 31.3. The molecule has 6 nitrogen and oxygen atoms in total. The summed E-state index contributed by atoms with van der Waals surface area (Å²) in [6, 6.07) is 10.1. The standard InChI is InChI=1S/C21H34N4O2/c1-21(19(20(26)27)17-18-5-3-2-4-6-18)7-12-24-13-10-22-8-9-23-11-14-25(21)16-15-24/h2-6,19,22-23H,7-17H2,1H3,(H,26,27). The maximum atomic E-state index is 12.3. The van der Waals surface area contributed by atoms with Crippen molar-refractivity contribution in [1.82, 2.24) is 20.4 Å². The van der Waals surface area contributed by atoms with E-state index in [4.69, 9.17) is 0 Å². The van der Waals surface area contributed by atoms with Crippen LogP contribution in [0.15, 0.2) is 30.3 Å². The molecule has 4 unspecified atom stereocenters. The number of benzene rings is 1. The zero-order valence-electron chi connectivity index (χ0n) is 16.5. The molecule has 2 heterocycles. The summed E-state index contributed by atoms with van der Waals surface area (Å²) in [5.74, 6) is -1.10. The van der Waals surface area contributed by atoms with Crippen LogP contribution in [0.1, 0.15) is 18.9 Å². The van der Waals surface area contributed by atoms with Gasteiger partial charge in [-0.1, -0.05) is 30.3 Å². The van der Waals surface area contributed by atoms with Crippen LogP contribution in [0, 0.1) is 5.92 Å². The molecule has 3 rings (SSSR count). The van der Waals surface area contributed by atoms with E-state index >= 15 is 0 Å². The Morgan fingerprint density at radius 3 is 2.44 bits per heavy atom. The average Bonchev–Trinajstić information content (AvgIpc) is 2.80. The summed E-state index contributed by atoms with van der Waals surface area (Å²) in [5.41, 5.74) is 0.756. The van der Waals surface area contributed by atoms with Crippen molar-refractivity contribution in [2.75, 3.05) is 58.9 Å². The van der Waals surface area contributed by atoms with E-state index < -0.39 is 11.9 Å². The van der Waals surface area contributed by atoms with Gasteiger partial charge in [0.1, 0.15) is 0 Å². The van der Waals surface area contributed by atoms with Crippen molar-refractivity contribution in [2.24, 2.45) is 5.92 Å². The minimum Gasteiger partial charge on any atom is -0.481 e. The van der Waals surface area contributed by atoms with Gasteiger partial charge in [-0.25, -0.2) is 0 Å². The molecule has 0 amide bonds. The van der Waals surface area contributed by atoms with Crippen molar-refractivity contribution in [3.05, 3.63) is 35.9 Å². The first-order valence-corrected chi connectivity index (χ1v) is 10.3. The SMILES string of the molecule is CC1(C(Cc2ccccc2)C(=O)O)CCN2CCNCCNCCN1CC2. The minimum atomic E-state index is -0.682. The average molecular weight is 375 g/mol. The van der Waals surface area contributed by atoms with Gasteiger partial charge in [0.25, 0.3) is 0 Å². The lowest BCUT2D eigenvalue weighted by Crippen LogP contribution is -2.56. The first-order chi connectivity index (χ1) is 13.1. The highest BCUT2D eigenvalue weighted by atomic mass is 16.4. The molecular weight excluding hydrogens is 340 g/mol. The molecule has 27 heavy (non-hydrogen) atoms. The van der Waals surface area contributed by atoms with Gasteiger partial charge in [-0.05, 0) is 25.3 Å². The van der Waals surface area contributed by atoms with Crippen LogP contribution in [0.2, 0.25) is 0 Å². The zero-order chi connectivity index (χ0) is 19.1. The number of aliphatic carboxylic acids is 1. The Bertz CT molecular complexity index is 597. The fourth-order valence-corrected chi connectivity index (χ4v) is 4.46. The van der Waals surface area contributed by atoms with Crippen LogP contribution in [-0.4, -0.2) is 85.3 Å². The number of carboxylic acids is 1. The maximum absolute atomic E-state index is 12.3. The van der Waals surface area contributed by atoms with Crippen LogP contribution in [0.3, 0.4) is 0 Å². The van der Waals surface area contributed by atoms with Gasteiger partial charge < -0.3 is 20.6 Å². The van der Waals surface area contributed by atoms with Crippen LogP contribution in [0.5, 0.6) is 0 Å². The van der Waals surface area contributed by atoms with E-state index in [1.54, 1.807) is 0 Å². The molecule has 3 N–H and O–H groups in total. The van der Waals surface area contributed by atoms with Crippen LogP contribution in [-0.2, 0) is 11.2 Å². The lowest BCUT2D eigenvalue weighted by molar-refractivity contribution is -0.147. The Labute approximate surface area is 162 Å². The fraction of sp³-hybridized carbons (Fsp3) is 0.667. The Kier molecular flexibility index (Phi) is 7.24. The lowest BCUT2D eigenvalue weighted by Gasteiger charge is -2.44. The molecule has 2 saturated heterocycles. The van der Waals surface area contributed by atoms with Crippen molar-refractivity contribution in [3.8, 4) is 0 Å². The van der Waals surface area contributed by atoms with E-state index in [0.29, 0.717) is 6.42 Å². The summed E-state index contributed by atoms with van der Waals surface area (Å²) < 4.78 is 0. The first-order valence-electron chi connectivity index (χ1n) is 10.3. The van der Waals surface area contributed by atoms with Crippen molar-refractivity contribution >= 4 is 5.97 Å². The van der Waals surface area contributed by atoms with Gasteiger partial charge in [0.05, 0.1) is 5.92 Å². The second-order valence-electron chi connectivity index (χ2n) is 8.02. The molecule has 0 saturated carbocycles. The summed E-state index contributed by atoms with van der Waals surface area (Å²) in [7, 11) is 0. The van der Waals surface area contributed by atoms with Crippen molar-refractivity contribution in [2.45, 2.75) is 25.3 Å². The predicted octanol–water partition coefficient (Wildman–Crippen LogP) is 0.889. The fourth-order valence-electron chi connectivity index (χ4n) is 4.46. The van der Waals surface area contributed by atoms with Gasteiger partial charge in [0.15, 0.2) is 0 Å². The highest BCUT2D eigenvalue weighted by Gasteiger charge is 2.44. The van der Waals surface area contributed by atoms with E-state index in [1.807, 2.05) is 30.3 Å². The molecule has 2 fully saturated rings. The van der Waals surface area contributed by atoms with Crippen LogP contribution < -0.4 is 10.6 Å². The van der Waals surface area contributed by atoms with Gasteiger partial charge in [-0.3, -0.25) is 9.69 Å². The molecule has 6 heteroatoms. The third-order valence-electron chi connectivity index (χ3n) is 6.32. The summed E-state index contributed by atoms with van der Waals surface area (Å²) in [4.78, 5) is 17.3. The third kappa shape index (κ3) is 5.29. The van der Waals surface area contributed by atoms with Gasteiger partial charge in [-0.2, -0.15) is 0 Å².